The maximum atomic E-state index is 8.55. The topological polar surface area (TPSA) is 281 Å². The van der Waals surface area contributed by atoms with Crippen molar-refractivity contribution in [3.63, 3.8) is 0 Å². The Kier molecular flexibility index (Phi) is 282. The van der Waals surface area contributed by atoms with Gasteiger partial charge in [0.15, 0.2) is 0 Å². The van der Waals surface area contributed by atoms with Crippen LogP contribution in [-0.2, 0) is 4.57 Å². The first-order chi connectivity index (χ1) is 2.00. The van der Waals surface area contributed by atoms with Crippen LogP contribution in [0.2, 0.25) is 0 Å². The molecule has 0 rings (SSSR count). The molecule has 0 aromatic heterocycles. The van der Waals surface area contributed by atoms with Crippen LogP contribution in [0.4, 0.5) is 0 Å². The number of hydrogen-bond donors (Lipinski definition) is 0. The Bertz CT molecular complexity index is 67.9. The van der Waals surface area contributed by atoms with Crippen LogP contribution in [0.15, 0.2) is 0 Å². The van der Waals surface area contributed by atoms with Crippen molar-refractivity contribution in [2.24, 2.45) is 0 Å². The molecule has 0 aliphatic heterocycles. The minimum Gasteiger partial charge on any atom is -0.822 e. The summed E-state index contributed by atoms with van der Waals surface area (Å²) in [5.41, 5.74) is 0. The van der Waals surface area contributed by atoms with Gasteiger partial charge < -0.3 is 54.1 Å². The van der Waals surface area contributed by atoms with Gasteiger partial charge in [-0.1, -0.05) is 0 Å². The molecular formula is H12Al2N3O7P. The Morgan fingerprint density at radius 1 is 0.692 bits per heavy atom. The zero-order chi connectivity index (χ0) is 4.50. The molecule has 0 aliphatic carbocycles. The largest absolute Gasteiger partial charge is 3.00 e. The molecule has 0 saturated carbocycles. The summed E-state index contributed by atoms with van der Waals surface area (Å²) in [6, 6.07) is 0. The quantitative estimate of drug-likeness (QED) is 0.307. The van der Waals surface area contributed by atoms with E-state index >= 15 is 0 Å². The van der Waals surface area contributed by atoms with E-state index in [1.165, 1.54) is 0 Å². The Hall–Kier alpha value is 0.935. The summed E-state index contributed by atoms with van der Waals surface area (Å²) < 4.78 is 8.55. The molecule has 0 saturated heterocycles. The Morgan fingerprint density at radius 2 is 0.692 bits per heavy atom. The van der Waals surface area contributed by atoms with E-state index in [2.05, 4.69) is 0 Å². The molecule has 0 heterocycles. The van der Waals surface area contributed by atoms with Crippen molar-refractivity contribution in [1.29, 1.82) is 0 Å². The SMILES string of the molecule is O.O.O.O=P([O-])([O-])[O-].[Al+3].[Al+3].[NH2-].[NH2-].[NH2-]. The summed E-state index contributed by atoms with van der Waals surface area (Å²) in [4.78, 5) is 25.6. The van der Waals surface area contributed by atoms with Crippen molar-refractivity contribution in [1.82, 2.24) is 0 Å². The molecule has 0 spiro atoms. The molecule has 0 aromatic rings. The average Bonchev–Trinajstić information content (AvgIpc) is 0.722. The number of phosphoric acid groups is 1. The van der Waals surface area contributed by atoms with Crippen LogP contribution in [0.5, 0.6) is 0 Å². The Labute approximate surface area is 96.9 Å². The molecule has 0 aliphatic rings. The molecule has 12 N–H and O–H groups in total. The van der Waals surface area contributed by atoms with Crippen molar-refractivity contribution in [3.8, 4) is 0 Å². The van der Waals surface area contributed by atoms with Gasteiger partial charge in [0.05, 0.1) is 0 Å². The minimum absolute atomic E-state index is 0. The van der Waals surface area contributed by atoms with E-state index in [0.29, 0.717) is 0 Å². The van der Waals surface area contributed by atoms with Crippen LogP contribution in [0, 0.1) is 0 Å². The second kappa shape index (κ2) is 38.3. The first-order valence-corrected chi connectivity index (χ1v) is 2.19. The van der Waals surface area contributed by atoms with E-state index < -0.39 is 7.82 Å². The van der Waals surface area contributed by atoms with E-state index in [1.807, 2.05) is 0 Å². The van der Waals surface area contributed by atoms with Crippen LogP contribution in [0.3, 0.4) is 0 Å². The number of rotatable bonds is 0. The summed E-state index contributed by atoms with van der Waals surface area (Å²) >= 11 is 0. The third-order valence-corrected chi connectivity index (χ3v) is 0. The van der Waals surface area contributed by atoms with Gasteiger partial charge in [-0.25, -0.2) is 0 Å². The molecule has 0 atom stereocenters. The standard InChI is InChI=1S/2Al.3H2N.H3O4P.3H2O/c;;;;;1-5(2,3)4;;;/h;;3*1H2;(H3,1,2,3,4);3*1H2/q2*+3;3*-1;;;;/p-3. The van der Waals surface area contributed by atoms with Crippen molar-refractivity contribution in [2.75, 3.05) is 0 Å². The zero-order valence-corrected chi connectivity index (χ0v) is 9.67. The normalized spacial score (nSPS) is 4.54. The number of nitrogens with two attached hydrogens (primary N) is 3. The van der Waals surface area contributed by atoms with Crippen LogP contribution in [-0.4, -0.2) is 51.2 Å². The third-order valence-electron chi connectivity index (χ3n) is 0. The first kappa shape index (κ1) is 95.7. The summed E-state index contributed by atoms with van der Waals surface area (Å²) in [6.07, 6.45) is 0. The van der Waals surface area contributed by atoms with Gasteiger partial charge in [0.25, 0.3) is 0 Å². The molecule has 0 amide bonds. The van der Waals surface area contributed by atoms with Gasteiger partial charge in [-0.05, 0) is 0 Å². The van der Waals surface area contributed by atoms with Gasteiger partial charge in [0.2, 0.25) is 0 Å². The molecule has 0 radical (unpaired) electrons. The molecule has 0 fully saturated rings. The summed E-state index contributed by atoms with van der Waals surface area (Å²) in [5.74, 6) is 0. The van der Waals surface area contributed by atoms with E-state index in [4.69, 9.17) is 19.2 Å². The fraction of sp³-hybridized carbons (Fsp3) is 0. The summed E-state index contributed by atoms with van der Waals surface area (Å²) in [5, 5.41) is 0. The first-order valence-electron chi connectivity index (χ1n) is 0.730. The summed E-state index contributed by atoms with van der Waals surface area (Å²) in [7, 11) is -5.39. The molecular weight excluding hydrogens is 239 g/mol. The second-order valence-electron chi connectivity index (χ2n) is 0.447. The molecule has 13 heteroatoms. The van der Waals surface area contributed by atoms with Gasteiger partial charge in [0.1, 0.15) is 0 Å². The smallest absolute Gasteiger partial charge is 0.822 e. The molecule has 10 nitrogen and oxygen atoms in total. The fourth-order valence-electron chi connectivity index (χ4n) is 0. The second-order valence-corrected chi connectivity index (χ2v) is 1.34. The monoisotopic (exact) mass is 251 g/mol. The summed E-state index contributed by atoms with van der Waals surface area (Å²) in [6.45, 7) is 0. The predicted molar refractivity (Wildman–Crippen MR) is 45.8 cm³/mol. The van der Waals surface area contributed by atoms with Gasteiger partial charge in [-0.15, -0.1) is 0 Å². The van der Waals surface area contributed by atoms with Gasteiger partial charge in [-0.3, -0.25) is 0 Å². The van der Waals surface area contributed by atoms with Crippen LogP contribution in [0.25, 0.3) is 18.5 Å². The molecule has 0 aromatic carbocycles. The predicted octanol–water partition coefficient (Wildman–Crippen LogP) is -3.91. The maximum absolute atomic E-state index is 8.55. The van der Waals surface area contributed by atoms with Crippen LogP contribution >= 0.6 is 7.82 Å². The molecule has 80 valence electrons. The zero-order valence-electron chi connectivity index (χ0n) is 6.47. The number of hydrogen-bond acceptors (Lipinski definition) is 4. The fourth-order valence-corrected chi connectivity index (χ4v) is 0. The van der Waals surface area contributed by atoms with Crippen molar-refractivity contribution in [2.45, 2.75) is 0 Å². The van der Waals surface area contributed by atoms with E-state index in [9.17, 15) is 0 Å². The van der Waals surface area contributed by atoms with Gasteiger partial charge in [0, 0.05) is 0 Å². The maximum Gasteiger partial charge on any atom is 3.00 e. The van der Waals surface area contributed by atoms with Crippen LogP contribution < -0.4 is 14.7 Å². The molecule has 0 bridgehead atoms. The van der Waals surface area contributed by atoms with E-state index in [1.54, 1.807) is 0 Å². The molecule has 13 heavy (non-hydrogen) atoms. The Balaban J connectivity index is -0.00000000286. The van der Waals surface area contributed by atoms with Crippen molar-refractivity contribution in [3.05, 3.63) is 18.5 Å². The third kappa shape index (κ3) is 1770. The van der Waals surface area contributed by atoms with Crippen molar-refractivity contribution >= 4 is 42.5 Å². The van der Waals surface area contributed by atoms with Crippen LogP contribution in [0.1, 0.15) is 0 Å². The Morgan fingerprint density at radius 3 is 0.692 bits per heavy atom. The minimum atomic E-state index is -5.39. The average molecular weight is 251 g/mol. The molecule has 0 unspecified atom stereocenters. The van der Waals surface area contributed by atoms with Gasteiger partial charge >= 0.3 is 34.7 Å². The van der Waals surface area contributed by atoms with Crippen molar-refractivity contribution < 1.29 is 35.7 Å². The van der Waals surface area contributed by atoms with Gasteiger partial charge in [-0.2, -0.15) is 7.82 Å². The van der Waals surface area contributed by atoms with E-state index in [0.717, 1.165) is 0 Å². The van der Waals surface area contributed by atoms with E-state index in [-0.39, 0.29) is 69.6 Å².